The summed E-state index contributed by atoms with van der Waals surface area (Å²) in [5.74, 6) is -0.571. The minimum Gasteiger partial charge on any atom is -0.469 e. The molecule has 17 heavy (non-hydrogen) atoms. The zero-order chi connectivity index (χ0) is 13.0. The third kappa shape index (κ3) is 2.88. The Morgan fingerprint density at radius 3 is 2.65 bits per heavy atom. The second kappa shape index (κ2) is 5.53. The summed E-state index contributed by atoms with van der Waals surface area (Å²) in [6.07, 6.45) is -1.86. The van der Waals surface area contributed by atoms with Crippen LogP contribution in [0, 0.1) is 0 Å². The normalized spacial score (nSPS) is 10.6. The van der Waals surface area contributed by atoms with Gasteiger partial charge >= 0.3 is 5.97 Å². The van der Waals surface area contributed by atoms with Crippen molar-refractivity contribution < 1.29 is 18.3 Å². The number of carbonyl (C=O) groups is 1. The molecule has 0 unspecified atom stereocenters. The van der Waals surface area contributed by atoms with Gasteiger partial charge < -0.3 is 16.2 Å². The average Bonchev–Trinajstić information content (AvgIpc) is 2.30. The number of carbonyl (C=O) groups excluding carboxylic acids is 1. The molecule has 0 aliphatic rings. The molecule has 1 rings (SSSR count). The molecule has 0 fully saturated rings. The lowest BCUT2D eigenvalue weighted by Gasteiger charge is -2.13. The maximum absolute atomic E-state index is 12.7. The highest BCUT2D eigenvalue weighted by molar-refractivity contribution is 5.75. The molecular weight excluding hydrogens is 232 g/mol. The Morgan fingerprint density at radius 1 is 1.53 bits per heavy atom. The van der Waals surface area contributed by atoms with Crippen LogP contribution in [0.15, 0.2) is 6.20 Å². The molecule has 0 radical (unpaired) electrons. The molecule has 94 valence electrons. The Balaban J connectivity index is 3.25. The summed E-state index contributed by atoms with van der Waals surface area (Å²) in [5, 5.41) is 0. The van der Waals surface area contributed by atoms with Crippen LogP contribution in [0.2, 0.25) is 0 Å². The molecule has 0 atom stereocenters. The Hall–Kier alpha value is -1.76. The largest absolute Gasteiger partial charge is 0.469 e. The molecular formula is C10H13F2N3O2. The summed E-state index contributed by atoms with van der Waals surface area (Å²) >= 11 is 0. The third-order valence-corrected chi connectivity index (χ3v) is 2.32. The van der Waals surface area contributed by atoms with Gasteiger partial charge in [-0.25, -0.2) is 8.78 Å². The van der Waals surface area contributed by atoms with Crippen molar-refractivity contribution in [2.24, 2.45) is 5.73 Å². The van der Waals surface area contributed by atoms with E-state index in [1.54, 1.807) is 0 Å². The first-order chi connectivity index (χ1) is 8.01. The second-order valence-electron chi connectivity index (χ2n) is 3.31. The quantitative estimate of drug-likeness (QED) is 0.765. The molecule has 5 nitrogen and oxygen atoms in total. The van der Waals surface area contributed by atoms with Gasteiger partial charge in [0.05, 0.1) is 25.4 Å². The number of hydrogen-bond donors (Lipinski definition) is 2. The maximum atomic E-state index is 12.7. The highest BCUT2D eigenvalue weighted by Gasteiger charge is 2.20. The predicted octanol–water partition coefficient (Wildman–Crippen LogP) is 0.776. The number of hydrogen-bond acceptors (Lipinski definition) is 5. The molecule has 0 saturated heterocycles. The molecule has 0 saturated carbocycles. The van der Waals surface area contributed by atoms with Crippen LogP contribution in [0.25, 0.3) is 0 Å². The third-order valence-electron chi connectivity index (χ3n) is 2.32. The highest BCUT2D eigenvalue weighted by atomic mass is 19.3. The van der Waals surface area contributed by atoms with Crippen LogP contribution in [0.5, 0.6) is 0 Å². The van der Waals surface area contributed by atoms with Crippen molar-refractivity contribution in [3.8, 4) is 0 Å². The molecule has 0 aliphatic carbocycles. The first-order valence-electron chi connectivity index (χ1n) is 4.82. The molecule has 7 heteroatoms. The smallest absolute Gasteiger partial charge is 0.310 e. The summed E-state index contributed by atoms with van der Waals surface area (Å²) in [6, 6.07) is 0. The van der Waals surface area contributed by atoms with Gasteiger partial charge in [-0.2, -0.15) is 0 Å². The van der Waals surface area contributed by atoms with Gasteiger partial charge in [0.1, 0.15) is 5.69 Å². The number of nitrogens with two attached hydrogens (primary N) is 2. The standard InChI is InChI=1S/C10H13F2N3O2/c1-17-8(16)2-5-6(3-13)9(10(11)12)15-4-7(5)14/h4,10H,2-3,13-14H2,1H3. The molecule has 4 N–H and O–H groups in total. The molecule has 1 aromatic heterocycles. The fourth-order valence-electron chi connectivity index (χ4n) is 1.46. The minimum absolute atomic E-state index is 0.102. The summed E-state index contributed by atoms with van der Waals surface area (Å²) in [4.78, 5) is 14.7. The monoisotopic (exact) mass is 245 g/mol. The average molecular weight is 245 g/mol. The summed E-state index contributed by atoms with van der Waals surface area (Å²) in [6.45, 7) is -0.163. The van der Waals surface area contributed by atoms with E-state index in [1.165, 1.54) is 7.11 Å². The van der Waals surface area contributed by atoms with Crippen molar-refractivity contribution in [3.05, 3.63) is 23.0 Å². The Morgan fingerprint density at radius 2 is 2.18 bits per heavy atom. The first-order valence-corrected chi connectivity index (χ1v) is 4.82. The summed E-state index contributed by atoms with van der Waals surface area (Å²) in [5.41, 5.74) is 11.1. The molecule has 0 bridgehead atoms. The lowest BCUT2D eigenvalue weighted by Crippen LogP contribution is -2.15. The van der Waals surface area contributed by atoms with Gasteiger partial charge in [0.25, 0.3) is 6.43 Å². The highest BCUT2D eigenvalue weighted by Crippen LogP contribution is 2.26. The number of nitrogen functional groups attached to an aromatic ring is 1. The molecule has 1 aromatic rings. The number of pyridine rings is 1. The maximum Gasteiger partial charge on any atom is 0.310 e. The van der Waals surface area contributed by atoms with Gasteiger partial charge in [-0.1, -0.05) is 0 Å². The number of alkyl halides is 2. The van der Waals surface area contributed by atoms with Crippen LogP contribution < -0.4 is 11.5 Å². The van der Waals surface area contributed by atoms with Gasteiger partial charge in [0.15, 0.2) is 0 Å². The van der Waals surface area contributed by atoms with Crippen molar-refractivity contribution in [1.29, 1.82) is 0 Å². The lowest BCUT2D eigenvalue weighted by molar-refractivity contribution is -0.139. The number of anilines is 1. The van der Waals surface area contributed by atoms with Crippen LogP contribution in [0.3, 0.4) is 0 Å². The SMILES string of the molecule is COC(=O)Cc1c(N)cnc(C(F)F)c1CN. The van der Waals surface area contributed by atoms with Gasteiger partial charge in [0, 0.05) is 6.54 Å². The molecule has 0 aliphatic heterocycles. The topological polar surface area (TPSA) is 91.2 Å². The minimum atomic E-state index is -2.76. The van der Waals surface area contributed by atoms with E-state index in [0.29, 0.717) is 0 Å². The van der Waals surface area contributed by atoms with E-state index >= 15 is 0 Å². The number of rotatable bonds is 4. The van der Waals surface area contributed by atoms with Gasteiger partial charge in [-0.15, -0.1) is 0 Å². The zero-order valence-corrected chi connectivity index (χ0v) is 9.24. The Labute approximate surface area is 96.8 Å². The van der Waals surface area contributed by atoms with Crippen molar-refractivity contribution in [3.63, 3.8) is 0 Å². The van der Waals surface area contributed by atoms with Crippen LogP contribution in [-0.2, 0) is 22.5 Å². The van der Waals surface area contributed by atoms with Crippen LogP contribution in [0.1, 0.15) is 23.2 Å². The van der Waals surface area contributed by atoms with Crippen molar-refractivity contribution in [2.75, 3.05) is 12.8 Å². The summed E-state index contributed by atoms with van der Waals surface area (Å²) < 4.78 is 29.8. The summed E-state index contributed by atoms with van der Waals surface area (Å²) in [7, 11) is 1.20. The number of nitrogens with zero attached hydrogens (tertiary/aromatic N) is 1. The van der Waals surface area contributed by atoms with E-state index in [0.717, 1.165) is 6.20 Å². The van der Waals surface area contributed by atoms with Crippen molar-refractivity contribution in [2.45, 2.75) is 19.4 Å². The Kier molecular flexibility index (Phi) is 4.33. The van der Waals surface area contributed by atoms with E-state index in [2.05, 4.69) is 9.72 Å². The van der Waals surface area contributed by atoms with E-state index in [-0.39, 0.29) is 29.8 Å². The molecule has 1 heterocycles. The van der Waals surface area contributed by atoms with Gasteiger partial charge in [-0.05, 0) is 11.1 Å². The van der Waals surface area contributed by atoms with Gasteiger partial charge in [0.2, 0.25) is 0 Å². The van der Waals surface area contributed by atoms with Crippen molar-refractivity contribution >= 4 is 11.7 Å². The van der Waals surface area contributed by atoms with Gasteiger partial charge in [-0.3, -0.25) is 9.78 Å². The first kappa shape index (κ1) is 13.3. The number of ether oxygens (including phenoxy) is 1. The van der Waals surface area contributed by atoms with Crippen LogP contribution in [-0.4, -0.2) is 18.1 Å². The lowest BCUT2D eigenvalue weighted by atomic mass is 10.0. The van der Waals surface area contributed by atoms with Crippen LogP contribution >= 0.6 is 0 Å². The van der Waals surface area contributed by atoms with E-state index in [1.807, 2.05) is 0 Å². The molecule has 0 amide bonds. The fraction of sp³-hybridized carbons (Fsp3) is 0.400. The number of methoxy groups -OCH3 is 1. The number of halogens is 2. The zero-order valence-electron chi connectivity index (χ0n) is 9.24. The molecule has 0 aromatic carbocycles. The molecule has 0 spiro atoms. The Bertz CT molecular complexity index is 424. The van der Waals surface area contributed by atoms with E-state index < -0.39 is 18.1 Å². The predicted molar refractivity (Wildman–Crippen MR) is 57.2 cm³/mol. The van der Waals surface area contributed by atoms with E-state index in [4.69, 9.17) is 11.5 Å². The van der Waals surface area contributed by atoms with Crippen LogP contribution in [0.4, 0.5) is 14.5 Å². The number of esters is 1. The van der Waals surface area contributed by atoms with Crippen molar-refractivity contribution in [1.82, 2.24) is 4.98 Å². The number of aromatic nitrogens is 1. The van der Waals surface area contributed by atoms with E-state index in [9.17, 15) is 13.6 Å². The fourth-order valence-corrected chi connectivity index (χ4v) is 1.46. The second-order valence-corrected chi connectivity index (χ2v) is 3.31.